The van der Waals surface area contributed by atoms with Crippen molar-refractivity contribution in [2.24, 2.45) is 5.92 Å². The van der Waals surface area contributed by atoms with Crippen LogP contribution < -0.4 is 9.47 Å². The molecule has 0 fully saturated rings. The molecule has 0 spiro atoms. The van der Waals surface area contributed by atoms with Gasteiger partial charge >= 0.3 is 5.97 Å². The first-order valence-electron chi connectivity index (χ1n) is 9.11. The van der Waals surface area contributed by atoms with Gasteiger partial charge in [0.15, 0.2) is 5.76 Å². The summed E-state index contributed by atoms with van der Waals surface area (Å²) in [7, 11) is 0. The summed E-state index contributed by atoms with van der Waals surface area (Å²) in [5.74, 6) is -0.137. The third-order valence-corrected chi connectivity index (χ3v) is 5.24. The number of ether oxygens (including phenoxy) is 2. The molecule has 28 heavy (non-hydrogen) atoms. The maximum absolute atomic E-state index is 14.1. The van der Waals surface area contributed by atoms with Gasteiger partial charge in [-0.15, -0.1) is 0 Å². The Morgan fingerprint density at radius 3 is 2.71 bits per heavy atom. The first kappa shape index (κ1) is 18.7. The van der Waals surface area contributed by atoms with Crippen LogP contribution in [0.1, 0.15) is 54.1 Å². The van der Waals surface area contributed by atoms with Gasteiger partial charge in [0.1, 0.15) is 17.3 Å². The Hall–Kier alpha value is -2.66. The number of ketones is 1. The number of benzene rings is 2. The molecule has 2 aliphatic rings. The van der Waals surface area contributed by atoms with E-state index in [9.17, 15) is 14.0 Å². The lowest BCUT2D eigenvalue weighted by Gasteiger charge is -2.27. The van der Waals surface area contributed by atoms with E-state index in [4.69, 9.17) is 21.1 Å². The number of Topliss-reactive ketones (excluding diaryl/α,β-unsaturated/α-hetero) is 1. The fourth-order valence-electron chi connectivity index (χ4n) is 3.75. The van der Waals surface area contributed by atoms with E-state index in [1.807, 2.05) is 0 Å². The van der Waals surface area contributed by atoms with Crippen molar-refractivity contribution in [3.8, 4) is 11.5 Å². The summed E-state index contributed by atoms with van der Waals surface area (Å²) in [6.07, 6.45) is 2.31. The van der Waals surface area contributed by atoms with Crippen LogP contribution in [0.15, 0.2) is 36.1 Å². The first-order valence-corrected chi connectivity index (χ1v) is 9.48. The van der Waals surface area contributed by atoms with Crippen LogP contribution in [0.4, 0.5) is 4.39 Å². The van der Waals surface area contributed by atoms with Crippen molar-refractivity contribution in [1.29, 1.82) is 0 Å². The van der Waals surface area contributed by atoms with Crippen LogP contribution in [0.2, 0.25) is 5.02 Å². The van der Waals surface area contributed by atoms with E-state index in [0.29, 0.717) is 23.0 Å². The zero-order chi connectivity index (χ0) is 20.0. The quantitative estimate of drug-likeness (QED) is 0.386. The van der Waals surface area contributed by atoms with E-state index < -0.39 is 5.82 Å². The molecule has 2 aromatic carbocycles. The molecule has 0 saturated carbocycles. The third-order valence-electron chi connectivity index (χ3n) is 4.91. The van der Waals surface area contributed by atoms with Gasteiger partial charge in [0.05, 0.1) is 17.0 Å². The maximum Gasteiger partial charge on any atom is 0.311 e. The van der Waals surface area contributed by atoms with Crippen LogP contribution in [0.5, 0.6) is 11.5 Å². The Balaban J connectivity index is 1.80. The maximum atomic E-state index is 14.1. The largest absolute Gasteiger partial charge is 0.452 e. The molecule has 2 aromatic rings. The van der Waals surface area contributed by atoms with Crippen LogP contribution in [0.3, 0.4) is 0 Å². The van der Waals surface area contributed by atoms with Crippen molar-refractivity contribution < 1.29 is 23.5 Å². The van der Waals surface area contributed by atoms with Gasteiger partial charge in [-0.2, -0.15) is 0 Å². The molecule has 4 nitrogen and oxygen atoms in total. The third kappa shape index (κ3) is 3.20. The predicted octanol–water partition coefficient (Wildman–Crippen LogP) is 5.53. The van der Waals surface area contributed by atoms with Crippen molar-refractivity contribution in [1.82, 2.24) is 0 Å². The number of hydrogen-bond donors (Lipinski definition) is 0. The molecule has 144 valence electrons. The highest BCUT2D eigenvalue weighted by Crippen LogP contribution is 2.48. The number of hydrogen-bond acceptors (Lipinski definition) is 4. The second-order valence-corrected chi connectivity index (χ2v) is 7.84. The predicted molar refractivity (Wildman–Crippen MR) is 103 cm³/mol. The van der Waals surface area contributed by atoms with Gasteiger partial charge in [0, 0.05) is 17.0 Å². The SMILES string of the molecule is CC(C)CC1CC(=O)Oc2ccc3c(c21)OC(=Cc1c(F)cccc1Cl)C3=O. The topological polar surface area (TPSA) is 52.6 Å². The fraction of sp³-hybridized carbons (Fsp3) is 0.273. The molecule has 6 heteroatoms. The fourth-order valence-corrected chi connectivity index (χ4v) is 3.96. The Morgan fingerprint density at radius 1 is 1.21 bits per heavy atom. The molecule has 0 amide bonds. The van der Waals surface area contributed by atoms with Crippen LogP contribution in [0, 0.1) is 11.7 Å². The highest BCUT2D eigenvalue weighted by atomic mass is 35.5. The highest BCUT2D eigenvalue weighted by Gasteiger charge is 2.38. The normalized spacial score (nSPS) is 19.5. The lowest BCUT2D eigenvalue weighted by atomic mass is 9.84. The average Bonchev–Trinajstić information content (AvgIpc) is 2.93. The lowest BCUT2D eigenvalue weighted by Crippen LogP contribution is -2.21. The number of carbonyl (C=O) groups is 2. The molecule has 0 aliphatic carbocycles. The Kier molecular flexibility index (Phi) is 4.71. The Bertz CT molecular complexity index is 1010. The number of fused-ring (bicyclic) bond motifs is 3. The second kappa shape index (κ2) is 7.06. The molecule has 0 N–H and O–H groups in total. The van der Waals surface area contributed by atoms with Crippen LogP contribution in [-0.2, 0) is 4.79 Å². The van der Waals surface area contributed by atoms with Crippen LogP contribution in [-0.4, -0.2) is 11.8 Å². The van der Waals surface area contributed by atoms with Gasteiger partial charge in [-0.3, -0.25) is 9.59 Å². The van der Waals surface area contributed by atoms with E-state index in [0.717, 1.165) is 12.0 Å². The zero-order valence-electron chi connectivity index (χ0n) is 15.4. The summed E-state index contributed by atoms with van der Waals surface area (Å²) in [5.41, 5.74) is 1.20. The van der Waals surface area contributed by atoms with Gasteiger partial charge < -0.3 is 9.47 Å². The highest BCUT2D eigenvalue weighted by molar-refractivity contribution is 6.32. The molecule has 2 aliphatic heterocycles. The number of carbonyl (C=O) groups excluding carboxylic acids is 2. The van der Waals surface area contributed by atoms with Gasteiger partial charge in [-0.05, 0) is 42.7 Å². The molecule has 0 aromatic heterocycles. The summed E-state index contributed by atoms with van der Waals surface area (Å²) < 4.78 is 25.4. The summed E-state index contributed by atoms with van der Waals surface area (Å²) in [5, 5.41) is 0.188. The number of rotatable bonds is 3. The van der Waals surface area contributed by atoms with Gasteiger partial charge in [-0.25, -0.2) is 4.39 Å². The van der Waals surface area contributed by atoms with Crippen molar-refractivity contribution in [2.45, 2.75) is 32.6 Å². The number of halogens is 2. The standard InChI is InChI=1S/C22H18ClFO4/c1-11(2)8-12-9-19(25)27-17-7-6-13-21(26)18(28-22(13)20(12)17)10-14-15(23)4-3-5-16(14)24/h3-7,10-12H,8-9H2,1-2H3. The van der Waals surface area contributed by atoms with Gasteiger partial charge in [0.25, 0.3) is 0 Å². The average molecular weight is 401 g/mol. The molecule has 1 atom stereocenters. The van der Waals surface area contributed by atoms with E-state index in [1.54, 1.807) is 18.2 Å². The molecule has 4 rings (SSSR count). The van der Waals surface area contributed by atoms with Crippen LogP contribution >= 0.6 is 11.6 Å². The Morgan fingerprint density at radius 2 is 2.00 bits per heavy atom. The van der Waals surface area contributed by atoms with Gasteiger partial charge in [-0.1, -0.05) is 31.5 Å². The lowest BCUT2D eigenvalue weighted by molar-refractivity contribution is -0.136. The van der Waals surface area contributed by atoms with Crippen molar-refractivity contribution in [3.63, 3.8) is 0 Å². The molecule has 1 unspecified atom stereocenters. The summed E-state index contributed by atoms with van der Waals surface area (Å²) >= 11 is 6.07. The molecule has 0 saturated heterocycles. The monoisotopic (exact) mass is 400 g/mol. The molecule has 0 bridgehead atoms. The minimum absolute atomic E-state index is 0.00408. The summed E-state index contributed by atoms with van der Waals surface area (Å²) in [6.45, 7) is 4.14. The van der Waals surface area contributed by atoms with E-state index in [1.165, 1.54) is 18.2 Å². The van der Waals surface area contributed by atoms with Crippen molar-refractivity contribution >= 4 is 29.4 Å². The minimum Gasteiger partial charge on any atom is -0.452 e. The zero-order valence-corrected chi connectivity index (χ0v) is 16.2. The van der Waals surface area contributed by atoms with E-state index in [2.05, 4.69) is 13.8 Å². The smallest absolute Gasteiger partial charge is 0.311 e. The second-order valence-electron chi connectivity index (χ2n) is 7.43. The number of allylic oxidation sites excluding steroid dienone is 1. The molecule has 0 radical (unpaired) electrons. The van der Waals surface area contributed by atoms with Crippen molar-refractivity contribution in [3.05, 3.63) is 63.6 Å². The molecular formula is C22H18ClFO4. The van der Waals surface area contributed by atoms with E-state index in [-0.39, 0.29) is 40.4 Å². The van der Waals surface area contributed by atoms with Gasteiger partial charge in [0.2, 0.25) is 5.78 Å². The van der Waals surface area contributed by atoms with E-state index >= 15 is 0 Å². The minimum atomic E-state index is -0.541. The molecule has 2 heterocycles. The Labute approximate surface area is 166 Å². The first-order chi connectivity index (χ1) is 13.3. The summed E-state index contributed by atoms with van der Waals surface area (Å²) in [6, 6.07) is 7.51. The molecular weight excluding hydrogens is 383 g/mol. The van der Waals surface area contributed by atoms with Crippen LogP contribution in [0.25, 0.3) is 6.08 Å². The summed E-state index contributed by atoms with van der Waals surface area (Å²) in [4.78, 5) is 24.8. The number of esters is 1. The van der Waals surface area contributed by atoms with Crippen molar-refractivity contribution in [2.75, 3.05) is 0 Å².